The maximum absolute atomic E-state index is 13.3. The van der Waals surface area contributed by atoms with Gasteiger partial charge in [-0.1, -0.05) is 20.8 Å². The first-order valence-corrected chi connectivity index (χ1v) is 5.56. The molecule has 0 bridgehead atoms. The smallest absolute Gasteiger partial charge is 0.241 e. The van der Waals surface area contributed by atoms with Gasteiger partial charge in [-0.2, -0.15) is 0 Å². The second kappa shape index (κ2) is 5.35. The first-order valence-electron chi connectivity index (χ1n) is 5.56. The Bertz CT molecular complexity index is 525. The van der Waals surface area contributed by atoms with E-state index >= 15 is 0 Å². The Kier molecular flexibility index (Phi) is 4.38. The molecule has 0 unspecified atom stereocenters. The fraction of sp³-hybridized carbons (Fsp3) is 0.417. The van der Waals surface area contributed by atoms with Crippen LogP contribution in [0.3, 0.4) is 0 Å². The van der Waals surface area contributed by atoms with Crippen LogP contribution in [0.5, 0.6) is 0 Å². The number of hydrogen-bond acceptors (Lipinski definition) is 2. The number of rotatable bonds is 2. The molecule has 0 aliphatic rings. The predicted molar refractivity (Wildman–Crippen MR) is 62.3 cm³/mol. The second-order valence-electron chi connectivity index (χ2n) is 5.28. The van der Waals surface area contributed by atoms with Crippen molar-refractivity contribution in [1.82, 2.24) is 0 Å². The lowest BCUT2D eigenvalue weighted by atomic mass is 9.87. The standard InChI is InChI=1S/C12H13F5N2O/c1-12(2,3)10(18)11(20)19-9-7(16)5(14)4(13)6(15)8(9)17/h10H,18H2,1-3H3,(H,19,20)/t10-/m0/s1. The van der Waals surface area contributed by atoms with Gasteiger partial charge < -0.3 is 11.1 Å². The molecule has 1 amide bonds. The van der Waals surface area contributed by atoms with Gasteiger partial charge >= 0.3 is 0 Å². The van der Waals surface area contributed by atoms with E-state index in [1.165, 1.54) is 0 Å². The molecule has 0 aliphatic carbocycles. The van der Waals surface area contributed by atoms with Crippen molar-refractivity contribution in [3.05, 3.63) is 29.1 Å². The van der Waals surface area contributed by atoms with E-state index in [2.05, 4.69) is 0 Å². The van der Waals surface area contributed by atoms with E-state index < -0.39 is 52.1 Å². The van der Waals surface area contributed by atoms with Gasteiger partial charge in [0.2, 0.25) is 11.7 Å². The molecular formula is C12H13F5N2O. The highest BCUT2D eigenvalue weighted by atomic mass is 19.2. The van der Waals surface area contributed by atoms with Crippen molar-refractivity contribution in [2.75, 3.05) is 5.32 Å². The summed E-state index contributed by atoms with van der Waals surface area (Å²) >= 11 is 0. The van der Waals surface area contributed by atoms with Gasteiger partial charge in [0.15, 0.2) is 23.3 Å². The quantitative estimate of drug-likeness (QED) is 0.501. The van der Waals surface area contributed by atoms with E-state index in [1.54, 1.807) is 26.1 Å². The van der Waals surface area contributed by atoms with Gasteiger partial charge in [0.05, 0.1) is 6.04 Å². The highest BCUT2D eigenvalue weighted by molar-refractivity contribution is 5.95. The lowest BCUT2D eigenvalue weighted by Gasteiger charge is -2.26. The minimum atomic E-state index is -2.29. The normalized spacial score (nSPS) is 13.2. The van der Waals surface area contributed by atoms with Crippen LogP contribution in [0.4, 0.5) is 27.6 Å². The van der Waals surface area contributed by atoms with Gasteiger partial charge in [-0.25, -0.2) is 22.0 Å². The molecule has 1 rings (SSSR count). The van der Waals surface area contributed by atoms with Crippen molar-refractivity contribution < 1.29 is 26.7 Å². The van der Waals surface area contributed by atoms with E-state index in [9.17, 15) is 26.7 Å². The zero-order valence-electron chi connectivity index (χ0n) is 11.0. The third kappa shape index (κ3) is 2.90. The topological polar surface area (TPSA) is 55.1 Å². The van der Waals surface area contributed by atoms with Crippen molar-refractivity contribution in [1.29, 1.82) is 0 Å². The average Bonchev–Trinajstić information content (AvgIpc) is 2.36. The zero-order chi connectivity index (χ0) is 15.8. The van der Waals surface area contributed by atoms with Crippen LogP contribution in [0, 0.1) is 34.5 Å². The number of carbonyl (C=O) groups excluding carboxylic acids is 1. The molecule has 1 aromatic carbocycles. The molecule has 0 heterocycles. The first-order chi connectivity index (χ1) is 8.98. The van der Waals surface area contributed by atoms with Crippen LogP contribution in [-0.2, 0) is 4.79 Å². The number of nitrogens with two attached hydrogens (primary N) is 1. The molecule has 0 fully saturated rings. The monoisotopic (exact) mass is 296 g/mol. The summed E-state index contributed by atoms with van der Waals surface area (Å²) in [6.07, 6.45) is 0. The maximum atomic E-state index is 13.3. The second-order valence-corrected chi connectivity index (χ2v) is 5.28. The number of amides is 1. The molecule has 0 aliphatic heterocycles. The Morgan fingerprint density at radius 2 is 1.30 bits per heavy atom. The van der Waals surface area contributed by atoms with Gasteiger partial charge in [0, 0.05) is 0 Å². The summed E-state index contributed by atoms with van der Waals surface area (Å²) in [5.74, 6) is -11.8. The fourth-order valence-corrected chi connectivity index (χ4v) is 1.31. The molecule has 0 spiro atoms. The molecule has 0 radical (unpaired) electrons. The SMILES string of the molecule is CC(C)(C)[C@@H](N)C(=O)Nc1c(F)c(F)c(F)c(F)c1F. The van der Waals surface area contributed by atoms with E-state index in [0.717, 1.165) is 0 Å². The van der Waals surface area contributed by atoms with Gasteiger partial charge in [0.25, 0.3) is 0 Å². The van der Waals surface area contributed by atoms with Gasteiger partial charge in [-0.3, -0.25) is 4.79 Å². The Balaban J connectivity index is 3.21. The van der Waals surface area contributed by atoms with Crippen LogP contribution < -0.4 is 11.1 Å². The number of carbonyl (C=O) groups is 1. The van der Waals surface area contributed by atoms with E-state index in [4.69, 9.17) is 5.73 Å². The van der Waals surface area contributed by atoms with Crippen molar-refractivity contribution in [2.45, 2.75) is 26.8 Å². The van der Waals surface area contributed by atoms with Crippen LogP contribution in [0.2, 0.25) is 0 Å². The van der Waals surface area contributed by atoms with Gasteiger partial charge in [0.1, 0.15) is 5.69 Å². The summed E-state index contributed by atoms with van der Waals surface area (Å²) in [4.78, 5) is 11.7. The number of anilines is 1. The van der Waals surface area contributed by atoms with Crippen LogP contribution in [0.25, 0.3) is 0 Å². The summed E-state index contributed by atoms with van der Waals surface area (Å²) < 4.78 is 65.4. The molecule has 20 heavy (non-hydrogen) atoms. The summed E-state index contributed by atoms with van der Waals surface area (Å²) in [7, 11) is 0. The number of hydrogen-bond donors (Lipinski definition) is 2. The van der Waals surface area contributed by atoms with Crippen molar-refractivity contribution in [3.8, 4) is 0 Å². The van der Waals surface area contributed by atoms with E-state index in [1.807, 2.05) is 0 Å². The largest absolute Gasteiger partial charge is 0.320 e. The lowest BCUT2D eigenvalue weighted by Crippen LogP contribution is -2.45. The number of halogens is 5. The predicted octanol–water partition coefficient (Wildman–Crippen LogP) is 2.69. The van der Waals surface area contributed by atoms with Crippen molar-refractivity contribution in [3.63, 3.8) is 0 Å². The Labute approximate surface area is 112 Å². The summed E-state index contributed by atoms with van der Waals surface area (Å²) in [5.41, 5.74) is 3.36. The van der Waals surface area contributed by atoms with Crippen molar-refractivity contribution >= 4 is 11.6 Å². The summed E-state index contributed by atoms with van der Waals surface area (Å²) in [5, 5.41) is 1.63. The average molecular weight is 296 g/mol. The molecule has 0 saturated carbocycles. The first kappa shape index (κ1) is 16.4. The lowest BCUT2D eigenvalue weighted by molar-refractivity contribution is -0.119. The third-order valence-electron chi connectivity index (χ3n) is 2.67. The molecule has 112 valence electrons. The zero-order valence-corrected chi connectivity index (χ0v) is 11.0. The number of nitrogens with one attached hydrogen (secondary N) is 1. The van der Waals surface area contributed by atoms with E-state index in [0.29, 0.717) is 0 Å². The van der Waals surface area contributed by atoms with Crippen LogP contribution in [0.1, 0.15) is 20.8 Å². The molecule has 1 atom stereocenters. The molecule has 1 aromatic rings. The molecule has 3 nitrogen and oxygen atoms in total. The third-order valence-corrected chi connectivity index (χ3v) is 2.67. The van der Waals surface area contributed by atoms with Crippen LogP contribution in [0.15, 0.2) is 0 Å². The van der Waals surface area contributed by atoms with E-state index in [-0.39, 0.29) is 0 Å². The van der Waals surface area contributed by atoms with Crippen LogP contribution >= 0.6 is 0 Å². The summed E-state index contributed by atoms with van der Waals surface area (Å²) in [6, 6.07) is -1.20. The van der Waals surface area contributed by atoms with Gasteiger partial charge in [-0.15, -0.1) is 0 Å². The minimum absolute atomic E-state index is 0.756. The molecule has 3 N–H and O–H groups in total. The van der Waals surface area contributed by atoms with Gasteiger partial charge in [-0.05, 0) is 5.41 Å². The Hall–Kier alpha value is -1.70. The molecule has 0 saturated heterocycles. The van der Waals surface area contributed by atoms with Crippen molar-refractivity contribution in [2.24, 2.45) is 11.1 Å². The fourth-order valence-electron chi connectivity index (χ4n) is 1.31. The molecular weight excluding hydrogens is 283 g/mol. The highest BCUT2D eigenvalue weighted by Gasteiger charge is 2.31. The Morgan fingerprint density at radius 1 is 0.950 bits per heavy atom. The molecule has 8 heteroatoms. The molecule has 0 aromatic heterocycles. The summed E-state index contributed by atoms with van der Waals surface area (Å²) in [6.45, 7) is 4.74. The minimum Gasteiger partial charge on any atom is -0.320 e. The number of benzene rings is 1. The Morgan fingerprint density at radius 3 is 1.65 bits per heavy atom. The van der Waals surface area contributed by atoms with Crippen LogP contribution in [-0.4, -0.2) is 11.9 Å². The maximum Gasteiger partial charge on any atom is 0.241 e. The highest BCUT2D eigenvalue weighted by Crippen LogP contribution is 2.28.